The number of aromatic nitrogens is 2. The molecule has 0 aliphatic rings. The van der Waals surface area contributed by atoms with Gasteiger partial charge < -0.3 is 5.32 Å². The molecule has 1 rings (SSSR count). The van der Waals surface area contributed by atoms with Gasteiger partial charge in [0.2, 0.25) is 0 Å². The fourth-order valence-corrected chi connectivity index (χ4v) is 3.84. The minimum absolute atomic E-state index is 0.0962. The molecule has 0 bridgehead atoms. The Bertz CT molecular complexity index is 499. The topological polar surface area (TPSA) is 86.9 Å². The third kappa shape index (κ3) is 4.48. The number of hydrogen-bond donors (Lipinski definition) is 3. The highest BCUT2D eigenvalue weighted by molar-refractivity contribution is 7.98. The third-order valence-electron chi connectivity index (χ3n) is 2.62. The molecule has 19 heavy (non-hydrogen) atoms. The van der Waals surface area contributed by atoms with Gasteiger partial charge in [0.15, 0.2) is 5.03 Å². The number of aryl methyl sites for hydroxylation is 1. The second-order valence-corrected chi connectivity index (χ2v) is 6.93. The van der Waals surface area contributed by atoms with E-state index in [1.807, 2.05) is 27.0 Å². The highest BCUT2D eigenvalue weighted by Gasteiger charge is 2.24. The van der Waals surface area contributed by atoms with Gasteiger partial charge in [0.1, 0.15) is 0 Å². The van der Waals surface area contributed by atoms with Crippen molar-refractivity contribution < 1.29 is 8.42 Å². The van der Waals surface area contributed by atoms with E-state index in [4.69, 9.17) is 0 Å². The number of nitrogens with one attached hydrogen (secondary N) is 3. The Labute approximate surface area is 119 Å². The maximum atomic E-state index is 12.3. The molecule has 3 N–H and O–H groups in total. The van der Waals surface area contributed by atoms with Crippen molar-refractivity contribution in [3.63, 3.8) is 0 Å². The van der Waals surface area contributed by atoms with E-state index in [2.05, 4.69) is 20.2 Å². The Morgan fingerprint density at radius 2 is 2.16 bits per heavy atom. The van der Waals surface area contributed by atoms with Crippen molar-refractivity contribution in [2.75, 3.05) is 18.6 Å². The van der Waals surface area contributed by atoms with Crippen LogP contribution in [0.5, 0.6) is 0 Å². The van der Waals surface area contributed by atoms with E-state index in [9.17, 15) is 8.42 Å². The van der Waals surface area contributed by atoms with Crippen LogP contribution < -0.4 is 10.0 Å². The molecule has 0 aliphatic carbocycles. The minimum atomic E-state index is -3.57. The summed E-state index contributed by atoms with van der Waals surface area (Å²) in [6.07, 6.45) is 1.94. The van der Waals surface area contributed by atoms with Gasteiger partial charge in [0.25, 0.3) is 10.0 Å². The van der Waals surface area contributed by atoms with Crippen LogP contribution in [0.25, 0.3) is 0 Å². The van der Waals surface area contributed by atoms with Gasteiger partial charge in [0.05, 0.1) is 0 Å². The molecule has 0 radical (unpaired) electrons. The van der Waals surface area contributed by atoms with E-state index in [1.54, 1.807) is 11.8 Å². The fraction of sp³-hybridized carbons (Fsp3) is 0.727. The zero-order valence-electron chi connectivity index (χ0n) is 11.8. The van der Waals surface area contributed by atoms with Gasteiger partial charge in [0, 0.05) is 29.6 Å². The quantitative estimate of drug-likeness (QED) is 0.663. The maximum absolute atomic E-state index is 12.3. The van der Waals surface area contributed by atoms with Crippen LogP contribution in [-0.2, 0) is 16.6 Å². The fourth-order valence-electron chi connectivity index (χ4n) is 1.72. The first-order valence-electron chi connectivity index (χ1n) is 6.18. The van der Waals surface area contributed by atoms with Gasteiger partial charge >= 0.3 is 0 Å². The smallest absolute Gasteiger partial charge is 0.260 e. The number of H-pyrrole nitrogens is 1. The van der Waals surface area contributed by atoms with Crippen molar-refractivity contribution in [3.8, 4) is 0 Å². The van der Waals surface area contributed by atoms with Crippen molar-refractivity contribution in [1.82, 2.24) is 20.2 Å². The first-order valence-corrected chi connectivity index (χ1v) is 9.05. The summed E-state index contributed by atoms with van der Waals surface area (Å²) in [5.41, 5.74) is 1.48. The molecule has 1 aromatic heterocycles. The maximum Gasteiger partial charge on any atom is 0.260 e. The zero-order chi connectivity index (χ0) is 14.5. The number of nitrogens with zero attached hydrogens (tertiary/aromatic N) is 1. The summed E-state index contributed by atoms with van der Waals surface area (Å²) in [6, 6.07) is -0.121. The largest absolute Gasteiger partial charge is 0.313 e. The standard InChI is InChI=1S/C11H22N4O2S2/c1-5-12-6-10-9(3)13-14-11(10)19(16,17)15-8(2)7-18-4/h8,12,15H,5-7H2,1-4H3,(H,13,14). The molecular formula is C11H22N4O2S2. The summed E-state index contributed by atoms with van der Waals surface area (Å²) in [6.45, 7) is 6.91. The van der Waals surface area contributed by atoms with Crippen molar-refractivity contribution in [2.45, 2.75) is 38.4 Å². The van der Waals surface area contributed by atoms with Crippen LogP contribution in [0.15, 0.2) is 5.03 Å². The zero-order valence-corrected chi connectivity index (χ0v) is 13.4. The second kappa shape index (κ2) is 7.28. The van der Waals surface area contributed by atoms with E-state index in [0.29, 0.717) is 12.1 Å². The van der Waals surface area contributed by atoms with Crippen LogP contribution in [0.2, 0.25) is 0 Å². The Kier molecular flexibility index (Phi) is 6.31. The highest BCUT2D eigenvalue weighted by atomic mass is 32.2. The molecule has 0 saturated carbocycles. The molecule has 0 aliphatic heterocycles. The van der Waals surface area contributed by atoms with Crippen molar-refractivity contribution in [1.29, 1.82) is 0 Å². The lowest BCUT2D eigenvalue weighted by Gasteiger charge is -2.12. The lowest BCUT2D eigenvalue weighted by molar-refractivity contribution is 0.564. The minimum Gasteiger partial charge on any atom is -0.313 e. The van der Waals surface area contributed by atoms with Crippen LogP contribution in [-0.4, -0.2) is 43.2 Å². The Morgan fingerprint density at radius 1 is 1.47 bits per heavy atom. The van der Waals surface area contributed by atoms with E-state index in [-0.39, 0.29) is 11.1 Å². The lowest BCUT2D eigenvalue weighted by atomic mass is 10.2. The van der Waals surface area contributed by atoms with Crippen molar-refractivity contribution in [3.05, 3.63) is 11.3 Å². The van der Waals surface area contributed by atoms with Gasteiger partial charge in [-0.1, -0.05) is 6.92 Å². The Morgan fingerprint density at radius 3 is 2.74 bits per heavy atom. The molecule has 0 amide bonds. The van der Waals surface area contributed by atoms with Gasteiger partial charge in [-0.05, 0) is 26.6 Å². The summed E-state index contributed by atoms with van der Waals surface area (Å²) in [5, 5.41) is 9.90. The van der Waals surface area contributed by atoms with Gasteiger partial charge in [-0.3, -0.25) is 5.10 Å². The number of thioether (sulfide) groups is 1. The molecule has 1 atom stereocenters. The van der Waals surface area contributed by atoms with Crippen LogP contribution in [0.4, 0.5) is 0 Å². The summed E-state index contributed by atoms with van der Waals surface area (Å²) in [5.74, 6) is 0.727. The molecule has 8 heteroatoms. The van der Waals surface area contributed by atoms with E-state index >= 15 is 0 Å². The van der Waals surface area contributed by atoms with Crippen LogP contribution in [0.3, 0.4) is 0 Å². The first-order chi connectivity index (χ1) is 8.92. The predicted octanol–water partition coefficient (Wildman–Crippen LogP) is 0.857. The van der Waals surface area contributed by atoms with E-state index < -0.39 is 10.0 Å². The van der Waals surface area contributed by atoms with Gasteiger partial charge in [-0.25, -0.2) is 13.1 Å². The average Bonchev–Trinajstić information content (AvgIpc) is 2.68. The van der Waals surface area contributed by atoms with Crippen molar-refractivity contribution in [2.24, 2.45) is 0 Å². The van der Waals surface area contributed by atoms with Crippen LogP contribution >= 0.6 is 11.8 Å². The van der Waals surface area contributed by atoms with Gasteiger partial charge in [-0.15, -0.1) is 0 Å². The average molecular weight is 306 g/mol. The van der Waals surface area contributed by atoms with E-state index in [0.717, 1.165) is 18.0 Å². The SMILES string of the molecule is CCNCc1c(S(=O)(=O)NC(C)CSC)n[nH]c1C. The summed E-state index contributed by atoms with van der Waals surface area (Å²) >= 11 is 1.60. The molecule has 1 aromatic rings. The summed E-state index contributed by atoms with van der Waals surface area (Å²) < 4.78 is 27.2. The van der Waals surface area contributed by atoms with Crippen LogP contribution in [0.1, 0.15) is 25.1 Å². The Hall–Kier alpha value is -0.570. The normalized spacial score (nSPS) is 13.7. The molecule has 0 fully saturated rings. The number of aromatic amines is 1. The molecule has 0 saturated heterocycles. The number of sulfonamides is 1. The number of rotatable bonds is 8. The van der Waals surface area contributed by atoms with Crippen molar-refractivity contribution >= 4 is 21.8 Å². The Balaban J connectivity index is 2.94. The predicted molar refractivity (Wildman–Crippen MR) is 78.9 cm³/mol. The molecule has 1 unspecified atom stereocenters. The highest BCUT2D eigenvalue weighted by Crippen LogP contribution is 2.16. The van der Waals surface area contributed by atoms with Crippen LogP contribution in [0, 0.1) is 6.92 Å². The molecule has 1 heterocycles. The van der Waals surface area contributed by atoms with Gasteiger partial charge in [-0.2, -0.15) is 16.9 Å². The molecule has 0 spiro atoms. The molecular weight excluding hydrogens is 284 g/mol. The second-order valence-electron chi connectivity index (χ2n) is 4.39. The molecule has 0 aromatic carbocycles. The monoisotopic (exact) mass is 306 g/mol. The lowest BCUT2D eigenvalue weighted by Crippen LogP contribution is -2.35. The number of hydrogen-bond acceptors (Lipinski definition) is 5. The molecule has 6 nitrogen and oxygen atoms in total. The summed E-state index contributed by atoms with van der Waals surface area (Å²) in [7, 11) is -3.57. The van der Waals surface area contributed by atoms with E-state index in [1.165, 1.54) is 0 Å². The summed E-state index contributed by atoms with van der Waals surface area (Å²) in [4.78, 5) is 0. The first kappa shape index (κ1) is 16.5. The third-order valence-corrected chi connectivity index (χ3v) is 5.01. The molecule has 110 valence electrons.